The molecule has 3 aromatic carbocycles. The highest BCUT2D eigenvalue weighted by Gasteiger charge is 2.10. The van der Waals surface area contributed by atoms with Gasteiger partial charge in [0.25, 0.3) is 5.56 Å². The lowest BCUT2D eigenvalue weighted by atomic mass is 10.2. The number of fused-ring (bicyclic) bond motifs is 1. The van der Waals surface area contributed by atoms with Crippen LogP contribution in [0.5, 0.6) is 5.75 Å². The molecule has 0 saturated heterocycles. The second-order valence-electron chi connectivity index (χ2n) is 7.27. The molecule has 7 heteroatoms. The van der Waals surface area contributed by atoms with E-state index in [4.69, 9.17) is 4.74 Å². The van der Waals surface area contributed by atoms with Crippen molar-refractivity contribution in [3.05, 3.63) is 103 Å². The van der Waals surface area contributed by atoms with E-state index in [1.54, 1.807) is 12.3 Å². The zero-order valence-corrected chi connectivity index (χ0v) is 20.6. The van der Waals surface area contributed by atoms with Crippen molar-refractivity contribution < 1.29 is 4.74 Å². The van der Waals surface area contributed by atoms with E-state index in [-0.39, 0.29) is 5.56 Å². The Kier molecular flexibility index (Phi) is 7.17. The van der Waals surface area contributed by atoms with Gasteiger partial charge in [-0.3, -0.25) is 4.79 Å². The average molecular weight is 555 g/mol. The first-order valence-corrected chi connectivity index (χ1v) is 11.9. The highest BCUT2D eigenvalue weighted by Crippen LogP contribution is 2.26. The molecule has 162 valence electrons. The van der Waals surface area contributed by atoms with Crippen molar-refractivity contribution in [3.8, 4) is 5.75 Å². The van der Waals surface area contributed by atoms with Crippen LogP contribution in [0.4, 0.5) is 0 Å². The van der Waals surface area contributed by atoms with Crippen molar-refractivity contribution in [2.45, 2.75) is 26.4 Å². The van der Waals surface area contributed by atoms with Gasteiger partial charge in [-0.1, -0.05) is 53.2 Å². The van der Waals surface area contributed by atoms with Crippen LogP contribution in [-0.4, -0.2) is 15.9 Å². The van der Waals surface area contributed by atoms with Gasteiger partial charge in [-0.05, 0) is 69.9 Å². The lowest BCUT2D eigenvalue weighted by Gasteiger charge is -2.10. The fourth-order valence-electron chi connectivity index (χ4n) is 3.27. The van der Waals surface area contributed by atoms with Gasteiger partial charge in [0.1, 0.15) is 18.2 Å². The Morgan fingerprint density at radius 3 is 2.62 bits per heavy atom. The van der Waals surface area contributed by atoms with Gasteiger partial charge < -0.3 is 4.74 Å². The van der Waals surface area contributed by atoms with Crippen LogP contribution in [0.25, 0.3) is 10.9 Å². The standard InChI is InChI=1S/C25H21Br2N3O2/c1-2-6-24-29-22-11-10-19(26)14-20(22)25(31)30(24)28-15-18-9-12-23(21(27)13-18)32-16-17-7-4-3-5-8-17/h3-5,7-15H,2,6,16H2,1H3. The molecule has 1 heterocycles. The highest BCUT2D eigenvalue weighted by molar-refractivity contribution is 9.10. The molecule has 1 aromatic heterocycles. The maximum absolute atomic E-state index is 13.1. The van der Waals surface area contributed by atoms with Crippen molar-refractivity contribution in [3.63, 3.8) is 0 Å². The van der Waals surface area contributed by atoms with Crippen LogP contribution in [0.2, 0.25) is 0 Å². The summed E-state index contributed by atoms with van der Waals surface area (Å²) < 4.78 is 8.95. The largest absolute Gasteiger partial charge is 0.488 e. The van der Waals surface area contributed by atoms with E-state index < -0.39 is 0 Å². The number of aromatic nitrogens is 2. The van der Waals surface area contributed by atoms with Crippen molar-refractivity contribution >= 4 is 49.0 Å². The summed E-state index contributed by atoms with van der Waals surface area (Å²) in [5.74, 6) is 1.39. The molecule has 0 fully saturated rings. The summed E-state index contributed by atoms with van der Waals surface area (Å²) in [5, 5.41) is 5.01. The summed E-state index contributed by atoms with van der Waals surface area (Å²) in [6.45, 7) is 2.54. The van der Waals surface area contributed by atoms with Crippen LogP contribution in [0.15, 0.2) is 85.6 Å². The summed E-state index contributed by atoms with van der Waals surface area (Å²) in [6, 6.07) is 21.2. The van der Waals surface area contributed by atoms with Crippen LogP contribution < -0.4 is 10.3 Å². The first-order valence-electron chi connectivity index (χ1n) is 10.3. The second-order valence-corrected chi connectivity index (χ2v) is 9.04. The Morgan fingerprint density at radius 2 is 1.88 bits per heavy atom. The van der Waals surface area contributed by atoms with E-state index in [0.717, 1.165) is 32.2 Å². The Bertz CT molecular complexity index is 1330. The first-order chi connectivity index (χ1) is 15.5. The third-order valence-corrected chi connectivity index (χ3v) is 5.98. The molecule has 0 aliphatic carbocycles. The van der Waals surface area contributed by atoms with Crippen LogP contribution in [-0.2, 0) is 13.0 Å². The Morgan fingerprint density at radius 1 is 1.06 bits per heavy atom. The molecule has 0 atom stereocenters. The molecular weight excluding hydrogens is 534 g/mol. The molecule has 0 radical (unpaired) electrons. The average Bonchev–Trinajstić information content (AvgIpc) is 2.80. The van der Waals surface area contributed by atoms with E-state index in [0.29, 0.717) is 29.8 Å². The number of benzene rings is 3. The second kappa shape index (κ2) is 10.2. The number of ether oxygens (including phenoxy) is 1. The molecule has 4 aromatic rings. The van der Waals surface area contributed by atoms with Gasteiger partial charge in [0.2, 0.25) is 0 Å². The van der Waals surface area contributed by atoms with Crippen LogP contribution >= 0.6 is 31.9 Å². The van der Waals surface area contributed by atoms with E-state index in [1.807, 2.05) is 60.7 Å². The number of hydrogen-bond acceptors (Lipinski definition) is 4. The van der Waals surface area contributed by atoms with Gasteiger partial charge in [0, 0.05) is 10.9 Å². The smallest absolute Gasteiger partial charge is 0.282 e. The predicted octanol–water partition coefficient (Wildman–Crippen LogP) is 6.34. The molecule has 0 bridgehead atoms. The van der Waals surface area contributed by atoms with Crippen LogP contribution in [0.1, 0.15) is 30.3 Å². The minimum Gasteiger partial charge on any atom is -0.488 e. The first kappa shape index (κ1) is 22.4. The van der Waals surface area contributed by atoms with Gasteiger partial charge in [0.15, 0.2) is 0 Å². The maximum Gasteiger partial charge on any atom is 0.282 e. The number of aryl methyl sites for hydroxylation is 1. The lowest BCUT2D eigenvalue weighted by molar-refractivity contribution is 0.304. The van der Waals surface area contributed by atoms with Crippen molar-refractivity contribution in [1.29, 1.82) is 0 Å². The molecule has 0 unspecified atom stereocenters. The fourth-order valence-corrected chi connectivity index (χ4v) is 4.15. The van der Waals surface area contributed by atoms with Gasteiger partial charge >= 0.3 is 0 Å². The number of rotatable bonds is 7. The summed E-state index contributed by atoms with van der Waals surface area (Å²) in [5.41, 5.74) is 2.43. The van der Waals surface area contributed by atoms with Gasteiger partial charge in [-0.15, -0.1) is 0 Å². The zero-order valence-electron chi connectivity index (χ0n) is 17.5. The van der Waals surface area contributed by atoms with Crippen LogP contribution in [0, 0.1) is 0 Å². The summed E-state index contributed by atoms with van der Waals surface area (Å²) >= 11 is 7.00. The monoisotopic (exact) mass is 553 g/mol. The van der Waals surface area contributed by atoms with E-state index in [2.05, 4.69) is 48.9 Å². The van der Waals surface area contributed by atoms with E-state index in [9.17, 15) is 4.79 Å². The van der Waals surface area contributed by atoms with Crippen molar-refractivity contribution in [2.75, 3.05) is 0 Å². The normalized spacial score (nSPS) is 11.3. The predicted molar refractivity (Wildman–Crippen MR) is 136 cm³/mol. The van der Waals surface area contributed by atoms with Crippen LogP contribution in [0.3, 0.4) is 0 Å². The molecule has 0 amide bonds. The Labute approximate surface area is 203 Å². The topological polar surface area (TPSA) is 56.5 Å². The summed E-state index contributed by atoms with van der Waals surface area (Å²) in [7, 11) is 0. The maximum atomic E-state index is 13.1. The minimum atomic E-state index is -0.183. The Balaban J connectivity index is 1.61. The Hall–Kier alpha value is -2.77. The summed E-state index contributed by atoms with van der Waals surface area (Å²) in [6.07, 6.45) is 3.19. The molecular formula is C25H21Br2N3O2. The fraction of sp³-hybridized carbons (Fsp3) is 0.160. The minimum absolute atomic E-state index is 0.183. The molecule has 5 nitrogen and oxygen atoms in total. The van der Waals surface area contributed by atoms with Gasteiger partial charge in [-0.2, -0.15) is 9.78 Å². The highest BCUT2D eigenvalue weighted by atomic mass is 79.9. The van der Waals surface area contributed by atoms with Crippen molar-refractivity contribution in [1.82, 2.24) is 9.66 Å². The zero-order chi connectivity index (χ0) is 22.5. The molecule has 4 rings (SSSR count). The molecule has 0 aliphatic heterocycles. The SMILES string of the molecule is CCCc1nc2ccc(Br)cc2c(=O)n1N=Cc1ccc(OCc2ccccc2)c(Br)c1. The number of hydrogen-bond donors (Lipinski definition) is 0. The molecule has 0 N–H and O–H groups in total. The lowest BCUT2D eigenvalue weighted by Crippen LogP contribution is -2.22. The molecule has 0 aliphatic rings. The summed E-state index contributed by atoms with van der Waals surface area (Å²) in [4.78, 5) is 17.8. The molecule has 0 spiro atoms. The third kappa shape index (κ3) is 5.16. The van der Waals surface area contributed by atoms with Gasteiger partial charge in [0.05, 0.1) is 21.6 Å². The van der Waals surface area contributed by atoms with Crippen molar-refractivity contribution in [2.24, 2.45) is 5.10 Å². The van der Waals surface area contributed by atoms with Gasteiger partial charge in [-0.25, -0.2) is 4.98 Å². The number of nitrogens with zero attached hydrogens (tertiary/aromatic N) is 3. The van der Waals surface area contributed by atoms with E-state index in [1.165, 1.54) is 4.68 Å². The number of halogens is 2. The quantitative estimate of drug-likeness (QED) is 0.251. The molecule has 32 heavy (non-hydrogen) atoms. The van der Waals surface area contributed by atoms with E-state index >= 15 is 0 Å². The third-order valence-electron chi connectivity index (χ3n) is 4.86. The molecule has 0 saturated carbocycles.